The molecule has 0 aromatic carbocycles. The van der Waals surface area contributed by atoms with Gasteiger partial charge in [0.15, 0.2) is 11.2 Å². The topological polar surface area (TPSA) is 80.3 Å². The van der Waals surface area contributed by atoms with E-state index in [0.29, 0.717) is 23.8 Å². The number of nitrogens with zero attached hydrogens (tertiary/aromatic N) is 4. The quantitative estimate of drug-likeness (QED) is 0.764. The highest BCUT2D eigenvalue weighted by molar-refractivity contribution is 5.71. The lowest BCUT2D eigenvalue weighted by Crippen LogP contribution is -2.37. The van der Waals surface area contributed by atoms with Crippen LogP contribution < -0.4 is 16.0 Å². The molecule has 0 unspecified atom stereocenters. The zero-order valence-corrected chi connectivity index (χ0v) is 12.3. The molecule has 0 amide bonds. The molecule has 3 rings (SSSR count). The van der Waals surface area contributed by atoms with Crippen LogP contribution in [0.5, 0.6) is 6.01 Å². The number of hydrogen-bond acceptors (Lipinski definition) is 5. The van der Waals surface area contributed by atoms with Crippen LogP contribution in [-0.2, 0) is 25.9 Å². The van der Waals surface area contributed by atoms with Crippen LogP contribution in [-0.4, -0.2) is 38.0 Å². The van der Waals surface area contributed by atoms with E-state index in [1.807, 2.05) is 0 Å². The molecule has 0 bridgehead atoms. The first-order valence-electron chi connectivity index (χ1n) is 6.87. The van der Waals surface area contributed by atoms with Gasteiger partial charge in [-0.25, -0.2) is 4.79 Å². The molecule has 1 aliphatic heterocycles. The van der Waals surface area contributed by atoms with Gasteiger partial charge in [0, 0.05) is 27.7 Å². The third kappa shape index (κ3) is 2.15. The molecular formula is C13H18N4O4. The van der Waals surface area contributed by atoms with Gasteiger partial charge in [-0.2, -0.15) is 4.98 Å². The zero-order valence-electron chi connectivity index (χ0n) is 12.3. The van der Waals surface area contributed by atoms with E-state index in [2.05, 4.69) is 4.98 Å². The summed E-state index contributed by atoms with van der Waals surface area (Å²) in [6, 6.07) is 0.318. The summed E-state index contributed by atoms with van der Waals surface area (Å²) in [6.07, 6.45) is 2.06. The van der Waals surface area contributed by atoms with E-state index in [4.69, 9.17) is 9.47 Å². The lowest BCUT2D eigenvalue weighted by Gasteiger charge is -2.10. The van der Waals surface area contributed by atoms with Crippen molar-refractivity contribution in [3.8, 4) is 6.01 Å². The summed E-state index contributed by atoms with van der Waals surface area (Å²) in [4.78, 5) is 28.4. The van der Waals surface area contributed by atoms with Crippen molar-refractivity contribution in [2.75, 3.05) is 13.2 Å². The molecule has 0 spiro atoms. The first kappa shape index (κ1) is 13.9. The highest BCUT2D eigenvalue weighted by atomic mass is 16.5. The normalized spacial score (nSPS) is 18.5. The van der Waals surface area contributed by atoms with E-state index in [-0.39, 0.29) is 11.7 Å². The Morgan fingerprint density at radius 3 is 2.67 bits per heavy atom. The molecule has 0 aliphatic carbocycles. The van der Waals surface area contributed by atoms with E-state index in [9.17, 15) is 9.59 Å². The van der Waals surface area contributed by atoms with Gasteiger partial charge in [0.1, 0.15) is 6.61 Å². The largest absolute Gasteiger partial charge is 0.462 e. The van der Waals surface area contributed by atoms with E-state index < -0.39 is 5.69 Å². The Morgan fingerprint density at radius 1 is 1.24 bits per heavy atom. The number of fused-ring (bicyclic) bond motifs is 1. The molecule has 8 heteroatoms. The summed E-state index contributed by atoms with van der Waals surface area (Å²) in [5, 5.41) is 0. The fourth-order valence-corrected chi connectivity index (χ4v) is 2.57. The van der Waals surface area contributed by atoms with Gasteiger partial charge in [-0.05, 0) is 12.8 Å². The maximum Gasteiger partial charge on any atom is 0.332 e. The summed E-state index contributed by atoms with van der Waals surface area (Å²) in [5.41, 5.74) is -0.110. The van der Waals surface area contributed by atoms with Crippen LogP contribution >= 0.6 is 0 Å². The van der Waals surface area contributed by atoms with Crippen molar-refractivity contribution in [1.82, 2.24) is 18.7 Å². The minimum absolute atomic E-state index is 0.0662. The summed E-state index contributed by atoms with van der Waals surface area (Å²) in [5.74, 6) is 0. The minimum Gasteiger partial charge on any atom is -0.462 e. The lowest BCUT2D eigenvalue weighted by atomic mass is 10.2. The van der Waals surface area contributed by atoms with Gasteiger partial charge in [-0.15, -0.1) is 0 Å². The highest BCUT2D eigenvalue weighted by Gasteiger charge is 2.20. The van der Waals surface area contributed by atoms with Crippen LogP contribution in [0.2, 0.25) is 0 Å². The van der Waals surface area contributed by atoms with E-state index >= 15 is 0 Å². The van der Waals surface area contributed by atoms with Crippen LogP contribution in [0.3, 0.4) is 0 Å². The molecule has 2 aromatic heterocycles. The average Bonchev–Trinajstić information content (AvgIpc) is 3.09. The molecule has 1 saturated heterocycles. The smallest absolute Gasteiger partial charge is 0.332 e. The van der Waals surface area contributed by atoms with E-state index in [0.717, 1.165) is 24.0 Å². The van der Waals surface area contributed by atoms with Crippen molar-refractivity contribution in [3.05, 3.63) is 20.8 Å². The molecule has 1 atom stereocenters. The van der Waals surface area contributed by atoms with Gasteiger partial charge < -0.3 is 9.47 Å². The second kappa shape index (κ2) is 5.03. The zero-order chi connectivity index (χ0) is 15.1. The fraction of sp³-hybridized carbons (Fsp3) is 0.615. The van der Waals surface area contributed by atoms with Crippen LogP contribution in [0.15, 0.2) is 9.59 Å². The van der Waals surface area contributed by atoms with Crippen molar-refractivity contribution in [2.24, 2.45) is 21.1 Å². The van der Waals surface area contributed by atoms with Gasteiger partial charge in [0.05, 0.1) is 6.10 Å². The number of rotatable bonds is 3. The Labute approximate surface area is 120 Å². The fourth-order valence-electron chi connectivity index (χ4n) is 2.57. The van der Waals surface area contributed by atoms with Crippen molar-refractivity contribution in [1.29, 1.82) is 0 Å². The van der Waals surface area contributed by atoms with Gasteiger partial charge in [0.25, 0.3) is 11.6 Å². The molecule has 114 valence electrons. The van der Waals surface area contributed by atoms with E-state index in [1.165, 1.54) is 11.6 Å². The molecule has 2 aromatic rings. The number of imidazole rings is 1. The van der Waals surface area contributed by atoms with Crippen LogP contribution in [0.25, 0.3) is 11.2 Å². The Kier molecular flexibility index (Phi) is 3.32. The van der Waals surface area contributed by atoms with Crippen molar-refractivity contribution in [3.63, 3.8) is 0 Å². The molecule has 0 N–H and O–H groups in total. The minimum atomic E-state index is -0.406. The molecule has 8 nitrogen and oxygen atoms in total. The molecule has 1 fully saturated rings. The molecule has 1 aliphatic rings. The molecule has 3 heterocycles. The second-order valence-electron chi connectivity index (χ2n) is 5.28. The number of ether oxygens (including phenoxy) is 2. The average molecular weight is 294 g/mol. The number of aryl methyl sites for hydroxylation is 2. The maximum absolute atomic E-state index is 12.2. The lowest BCUT2D eigenvalue weighted by molar-refractivity contribution is 0.0636. The summed E-state index contributed by atoms with van der Waals surface area (Å²) in [7, 11) is 4.73. The van der Waals surface area contributed by atoms with E-state index in [1.54, 1.807) is 18.7 Å². The molecule has 0 saturated carbocycles. The van der Waals surface area contributed by atoms with Crippen LogP contribution in [0, 0.1) is 0 Å². The van der Waals surface area contributed by atoms with Gasteiger partial charge in [-0.3, -0.25) is 18.5 Å². The Hall–Kier alpha value is -2.09. The van der Waals surface area contributed by atoms with Crippen molar-refractivity contribution in [2.45, 2.75) is 18.9 Å². The van der Waals surface area contributed by atoms with Crippen molar-refractivity contribution >= 4 is 11.2 Å². The standard InChI is InChI=1S/C13H18N4O4/c1-15-9-10(16(2)13(19)17(3)11(9)18)14-12(15)21-7-8-5-4-6-20-8/h8H,4-7H2,1-3H3/t8-/m1/s1. The predicted octanol–water partition coefficient (Wildman–Crippen LogP) is -0.472. The third-order valence-corrected chi connectivity index (χ3v) is 3.86. The SMILES string of the molecule is Cn1c(=O)c2c(nc(OC[C@H]3CCCO3)n2C)n(C)c1=O. The monoisotopic (exact) mass is 294 g/mol. The van der Waals surface area contributed by atoms with Crippen LogP contribution in [0.4, 0.5) is 0 Å². The maximum atomic E-state index is 12.2. The number of aromatic nitrogens is 4. The highest BCUT2D eigenvalue weighted by Crippen LogP contribution is 2.18. The van der Waals surface area contributed by atoms with Gasteiger partial charge >= 0.3 is 5.69 Å². The van der Waals surface area contributed by atoms with Gasteiger partial charge in [-0.1, -0.05) is 0 Å². The molecular weight excluding hydrogens is 276 g/mol. The van der Waals surface area contributed by atoms with Gasteiger partial charge in [0.2, 0.25) is 0 Å². The summed E-state index contributed by atoms with van der Waals surface area (Å²) in [6.45, 7) is 1.15. The van der Waals surface area contributed by atoms with Crippen LogP contribution in [0.1, 0.15) is 12.8 Å². The Bertz CT molecular complexity index is 795. The first-order valence-corrected chi connectivity index (χ1v) is 6.87. The Balaban J connectivity index is 2.03. The predicted molar refractivity (Wildman–Crippen MR) is 75.7 cm³/mol. The Morgan fingerprint density at radius 2 is 2.00 bits per heavy atom. The molecule has 21 heavy (non-hydrogen) atoms. The second-order valence-corrected chi connectivity index (χ2v) is 5.28. The molecule has 0 radical (unpaired) electrons. The first-order chi connectivity index (χ1) is 10.0. The third-order valence-electron chi connectivity index (χ3n) is 3.86. The van der Waals surface area contributed by atoms with Crippen molar-refractivity contribution < 1.29 is 9.47 Å². The summed E-state index contributed by atoms with van der Waals surface area (Å²) < 4.78 is 15.1. The number of hydrogen-bond donors (Lipinski definition) is 0. The summed E-state index contributed by atoms with van der Waals surface area (Å²) >= 11 is 0.